The average Bonchev–Trinajstić information content (AvgIpc) is 3.18. The maximum Gasteiger partial charge on any atom is 0.325 e. The van der Waals surface area contributed by atoms with E-state index in [-0.39, 0.29) is 0 Å². The van der Waals surface area contributed by atoms with Crippen LogP contribution in [0.4, 0.5) is 10.5 Å². The molecular formula is C21H24N6O3S. The fourth-order valence-corrected chi connectivity index (χ4v) is 3.65. The molecule has 0 bridgehead atoms. The molecule has 1 heterocycles. The molecule has 0 aliphatic heterocycles. The van der Waals surface area contributed by atoms with Crippen LogP contribution in [0.15, 0.2) is 47.6 Å². The Kier molecular flexibility index (Phi) is 7.24. The van der Waals surface area contributed by atoms with E-state index >= 15 is 0 Å². The van der Waals surface area contributed by atoms with Gasteiger partial charge in [-0.15, -0.1) is 5.10 Å². The third-order valence-electron chi connectivity index (χ3n) is 4.35. The molecule has 2 N–H and O–H groups in total. The Balaban J connectivity index is 1.66. The molecule has 2 aromatic carbocycles. The van der Waals surface area contributed by atoms with Gasteiger partial charge in [-0.1, -0.05) is 41.6 Å². The number of imide groups is 1. The molecule has 0 aliphatic carbocycles. The summed E-state index contributed by atoms with van der Waals surface area (Å²) in [4.78, 5) is 24.8. The lowest BCUT2D eigenvalue weighted by molar-refractivity contribution is -0.119. The summed E-state index contributed by atoms with van der Waals surface area (Å²) in [5.74, 6) is 0.170. The predicted molar refractivity (Wildman–Crippen MR) is 119 cm³/mol. The molecule has 31 heavy (non-hydrogen) atoms. The number of nitrogens with zero attached hydrogens (tertiary/aromatic N) is 4. The van der Waals surface area contributed by atoms with Crippen molar-refractivity contribution in [2.75, 3.05) is 11.9 Å². The molecule has 0 unspecified atom stereocenters. The van der Waals surface area contributed by atoms with Crippen LogP contribution in [-0.2, 0) is 4.79 Å². The number of urea groups is 1. The Labute approximate surface area is 184 Å². The smallest absolute Gasteiger partial charge is 0.325 e. The first kappa shape index (κ1) is 22.3. The number of aryl methyl sites for hydroxylation is 2. The molecule has 0 saturated carbocycles. The number of carbonyl (C=O) groups excluding carboxylic acids is 2. The number of amides is 3. The Hall–Kier alpha value is -3.40. The summed E-state index contributed by atoms with van der Waals surface area (Å²) in [6.45, 7) is 7.93. The normalized spacial score (nSPS) is 11.6. The Morgan fingerprint density at radius 2 is 1.97 bits per heavy atom. The number of para-hydroxylation sites is 2. The summed E-state index contributed by atoms with van der Waals surface area (Å²) in [5.41, 5.74) is 3.31. The summed E-state index contributed by atoms with van der Waals surface area (Å²) >= 11 is 1.14. The van der Waals surface area contributed by atoms with Crippen LogP contribution < -0.4 is 15.4 Å². The number of carbonyl (C=O) groups is 2. The van der Waals surface area contributed by atoms with Gasteiger partial charge in [-0.2, -0.15) is 4.68 Å². The zero-order chi connectivity index (χ0) is 22.4. The van der Waals surface area contributed by atoms with Crippen molar-refractivity contribution in [2.24, 2.45) is 0 Å². The number of aromatic nitrogens is 4. The van der Waals surface area contributed by atoms with E-state index in [2.05, 4.69) is 26.2 Å². The minimum Gasteiger partial charge on any atom is -0.492 e. The fourth-order valence-electron chi connectivity index (χ4n) is 2.85. The van der Waals surface area contributed by atoms with E-state index in [0.717, 1.165) is 22.9 Å². The Morgan fingerprint density at radius 3 is 2.71 bits per heavy atom. The van der Waals surface area contributed by atoms with E-state index in [1.807, 2.05) is 57.2 Å². The Bertz CT molecular complexity index is 1080. The summed E-state index contributed by atoms with van der Waals surface area (Å²) in [7, 11) is 0. The van der Waals surface area contributed by atoms with Gasteiger partial charge in [-0.3, -0.25) is 10.1 Å². The number of hydrogen-bond acceptors (Lipinski definition) is 7. The van der Waals surface area contributed by atoms with Crippen molar-refractivity contribution in [3.63, 3.8) is 0 Å². The zero-order valence-electron chi connectivity index (χ0n) is 17.7. The maximum atomic E-state index is 12.5. The van der Waals surface area contributed by atoms with E-state index in [9.17, 15) is 9.59 Å². The molecule has 162 valence electrons. The van der Waals surface area contributed by atoms with Crippen molar-refractivity contribution in [2.45, 2.75) is 38.1 Å². The number of thioether (sulfide) groups is 1. The van der Waals surface area contributed by atoms with Gasteiger partial charge in [0.25, 0.3) is 0 Å². The molecule has 3 aromatic rings. The number of rotatable bonds is 7. The van der Waals surface area contributed by atoms with Gasteiger partial charge in [0, 0.05) is 5.69 Å². The van der Waals surface area contributed by atoms with E-state index < -0.39 is 17.2 Å². The highest BCUT2D eigenvalue weighted by Gasteiger charge is 2.22. The highest BCUT2D eigenvalue weighted by atomic mass is 32.2. The molecule has 0 saturated heterocycles. The van der Waals surface area contributed by atoms with Crippen LogP contribution in [0.3, 0.4) is 0 Å². The standard InChI is InChI=1S/C21H24N6O3S/c1-5-30-18-9-7-6-8-17(18)27-21(24-25-26-27)31-15(4)19(28)23-20(29)22-16-11-10-13(2)12-14(16)3/h6-12,15H,5H2,1-4H3,(H2,22,23,28,29)/t15-/m1/s1. The van der Waals surface area contributed by atoms with Crippen molar-refractivity contribution in [1.29, 1.82) is 0 Å². The second-order valence-electron chi connectivity index (χ2n) is 6.80. The van der Waals surface area contributed by atoms with Crippen molar-refractivity contribution in [3.05, 3.63) is 53.6 Å². The van der Waals surface area contributed by atoms with E-state index in [1.54, 1.807) is 13.0 Å². The van der Waals surface area contributed by atoms with Crippen molar-refractivity contribution in [3.8, 4) is 11.4 Å². The van der Waals surface area contributed by atoms with Crippen molar-refractivity contribution < 1.29 is 14.3 Å². The first-order valence-corrected chi connectivity index (χ1v) is 10.6. The first-order chi connectivity index (χ1) is 14.9. The monoisotopic (exact) mass is 440 g/mol. The molecule has 0 fully saturated rings. The zero-order valence-corrected chi connectivity index (χ0v) is 18.6. The number of nitrogens with one attached hydrogen (secondary N) is 2. The molecular weight excluding hydrogens is 416 g/mol. The number of anilines is 1. The molecule has 0 aliphatic rings. The van der Waals surface area contributed by atoms with Crippen molar-refractivity contribution in [1.82, 2.24) is 25.5 Å². The highest BCUT2D eigenvalue weighted by molar-refractivity contribution is 8.00. The van der Waals surface area contributed by atoms with Gasteiger partial charge in [0.1, 0.15) is 11.4 Å². The van der Waals surface area contributed by atoms with E-state index in [1.165, 1.54) is 4.68 Å². The van der Waals surface area contributed by atoms with E-state index in [4.69, 9.17) is 4.74 Å². The van der Waals surface area contributed by atoms with Crippen molar-refractivity contribution >= 4 is 29.4 Å². The van der Waals surface area contributed by atoms with Crippen LogP contribution in [-0.4, -0.2) is 44.0 Å². The van der Waals surface area contributed by atoms with Gasteiger partial charge in [0.05, 0.1) is 11.9 Å². The number of ether oxygens (including phenoxy) is 1. The van der Waals surface area contributed by atoms with Gasteiger partial charge in [0.2, 0.25) is 11.1 Å². The van der Waals surface area contributed by atoms with Gasteiger partial charge >= 0.3 is 6.03 Å². The van der Waals surface area contributed by atoms with Crippen LogP contribution in [0.1, 0.15) is 25.0 Å². The third kappa shape index (κ3) is 5.60. The lowest BCUT2D eigenvalue weighted by atomic mass is 10.1. The second-order valence-corrected chi connectivity index (χ2v) is 8.10. The number of tetrazole rings is 1. The quantitative estimate of drug-likeness (QED) is 0.541. The van der Waals surface area contributed by atoms with Gasteiger partial charge in [-0.25, -0.2) is 4.79 Å². The predicted octanol–water partition coefficient (Wildman–Crippen LogP) is 3.51. The largest absolute Gasteiger partial charge is 0.492 e. The molecule has 0 radical (unpaired) electrons. The van der Waals surface area contributed by atoms with Gasteiger partial charge in [0.15, 0.2) is 0 Å². The van der Waals surface area contributed by atoms with Crippen LogP contribution >= 0.6 is 11.8 Å². The SMILES string of the molecule is CCOc1ccccc1-n1nnnc1S[C@H](C)C(=O)NC(=O)Nc1ccc(C)cc1C. The lowest BCUT2D eigenvalue weighted by Gasteiger charge is -2.14. The molecule has 10 heteroatoms. The maximum absolute atomic E-state index is 12.5. The number of hydrogen-bond donors (Lipinski definition) is 2. The summed E-state index contributed by atoms with van der Waals surface area (Å²) in [5, 5.41) is 16.6. The molecule has 3 rings (SSSR count). The third-order valence-corrected chi connectivity index (χ3v) is 5.39. The Morgan fingerprint density at radius 1 is 1.19 bits per heavy atom. The first-order valence-electron chi connectivity index (χ1n) is 9.75. The fraction of sp³-hybridized carbons (Fsp3) is 0.286. The number of benzene rings is 2. The molecule has 0 spiro atoms. The highest BCUT2D eigenvalue weighted by Crippen LogP contribution is 2.28. The molecule has 1 atom stereocenters. The van der Waals surface area contributed by atoms with Crippen LogP contribution in [0.2, 0.25) is 0 Å². The summed E-state index contributed by atoms with van der Waals surface area (Å²) in [6.07, 6.45) is 0. The second kappa shape index (κ2) is 10.1. The molecule has 9 nitrogen and oxygen atoms in total. The van der Waals surface area contributed by atoms with Gasteiger partial charge < -0.3 is 10.1 Å². The molecule has 1 aromatic heterocycles. The lowest BCUT2D eigenvalue weighted by Crippen LogP contribution is -2.39. The summed E-state index contributed by atoms with van der Waals surface area (Å²) < 4.78 is 7.15. The topological polar surface area (TPSA) is 111 Å². The van der Waals surface area contributed by atoms with Crippen LogP contribution in [0.5, 0.6) is 5.75 Å². The summed E-state index contributed by atoms with van der Waals surface area (Å²) in [6, 6.07) is 12.4. The minimum atomic E-state index is -0.617. The van der Waals surface area contributed by atoms with Crippen LogP contribution in [0.25, 0.3) is 5.69 Å². The van der Waals surface area contributed by atoms with E-state index in [0.29, 0.717) is 28.9 Å². The van der Waals surface area contributed by atoms with Gasteiger partial charge in [-0.05, 0) is 61.9 Å². The molecule has 3 amide bonds. The average molecular weight is 441 g/mol. The van der Waals surface area contributed by atoms with Crippen LogP contribution in [0, 0.1) is 13.8 Å². The minimum absolute atomic E-state index is 0.407.